The smallest absolute Gasteiger partial charge is 0.269 e. The standard InChI is InChI=1S/C18H23ClN4O/c1-13-17(22(2)12-21-13)18(24)20-11-16(23-9-3-4-10-23)14-5-7-15(19)8-6-14/h5-8,12,16H,3-4,9-11H2,1-2H3,(H,20,24)/t16-/m0/s1. The molecular formula is C18H23ClN4O. The fraction of sp³-hybridized carbons (Fsp3) is 0.444. The molecule has 3 rings (SSSR count). The van der Waals surface area contributed by atoms with Crippen molar-refractivity contribution in [3.8, 4) is 0 Å². The van der Waals surface area contributed by atoms with Gasteiger partial charge >= 0.3 is 0 Å². The Bertz CT molecular complexity index is 685. The first-order chi connectivity index (χ1) is 11.6. The highest BCUT2D eigenvalue weighted by molar-refractivity contribution is 6.30. The molecule has 0 aliphatic carbocycles. The van der Waals surface area contributed by atoms with Crippen LogP contribution < -0.4 is 5.32 Å². The molecule has 0 spiro atoms. The van der Waals surface area contributed by atoms with Crippen LogP contribution in [0.3, 0.4) is 0 Å². The number of aryl methyl sites for hydroxylation is 2. The zero-order chi connectivity index (χ0) is 17.1. The third-order valence-electron chi connectivity index (χ3n) is 4.63. The summed E-state index contributed by atoms with van der Waals surface area (Å²) >= 11 is 6.01. The summed E-state index contributed by atoms with van der Waals surface area (Å²) in [6, 6.07) is 8.09. The van der Waals surface area contributed by atoms with Crippen LogP contribution >= 0.6 is 11.6 Å². The number of rotatable bonds is 5. The number of hydrogen-bond donors (Lipinski definition) is 1. The molecule has 5 nitrogen and oxygen atoms in total. The summed E-state index contributed by atoms with van der Waals surface area (Å²) < 4.78 is 1.76. The van der Waals surface area contributed by atoms with E-state index in [-0.39, 0.29) is 11.9 Å². The van der Waals surface area contributed by atoms with E-state index in [1.807, 2.05) is 38.2 Å². The van der Waals surface area contributed by atoms with Gasteiger partial charge in [0.1, 0.15) is 5.69 Å². The molecule has 2 heterocycles. The largest absolute Gasteiger partial charge is 0.349 e. The monoisotopic (exact) mass is 346 g/mol. The molecule has 1 aromatic heterocycles. The van der Waals surface area contributed by atoms with Gasteiger partial charge in [0.25, 0.3) is 5.91 Å². The molecule has 1 aromatic carbocycles. The van der Waals surface area contributed by atoms with E-state index in [1.54, 1.807) is 10.9 Å². The number of carbonyl (C=O) groups excluding carboxylic acids is 1. The van der Waals surface area contributed by atoms with Crippen molar-refractivity contribution in [2.75, 3.05) is 19.6 Å². The van der Waals surface area contributed by atoms with Crippen LogP contribution in [0.1, 0.15) is 40.6 Å². The van der Waals surface area contributed by atoms with Gasteiger partial charge in [0.05, 0.1) is 18.1 Å². The second-order valence-corrected chi connectivity index (χ2v) is 6.75. The molecule has 0 saturated carbocycles. The van der Waals surface area contributed by atoms with Crippen molar-refractivity contribution < 1.29 is 4.79 Å². The topological polar surface area (TPSA) is 50.2 Å². The van der Waals surface area contributed by atoms with Gasteiger partial charge in [-0.2, -0.15) is 0 Å². The third kappa shape index (κ3) is 3.62. The average molecular weight is 347 g/mol. The summed E-state index contributed by atoms with van der Waals surface area (Å²) in [5.74, 6) is -0.0781. The predicted molar refractivity (Wildman–Crippen MR) is 95.3 cm³/mol. The quantitative estimate of drug-likeness (QED) is 0.905. The van der Waals surface area contributed by atoms with Crippen molar-refractivity contribution in [3.63, 3.8) is 0 Å². The number of hydrogen-bond acceptors (Lipinski definition) is 3. The Morgan fingerprint density at radius 2 is 1.96 bits per heavy atom. The van der Waals surface area contributed by atoms with Crippen LogP contribution in [0, 0.1) is 6.92 Å². The van der Waals surface area contributed by atoms with Crippen LogP contribution in [0.5, 0.6) is 0 Å². The maximum absolute atomic E-state index is 12.5. The van der Waals surface area contributed by atoms with E-state index >= 15 is 0 Å². The number of carbonyl (C=O) groups is 1. The van der Waals surface area contributed by atoms with Gasteiger partial charge in [0.2, 0.25) is 0 Å². The van der Waals surface area contributed by atoms with Gasteiger partial charge in [-0.05, 0) is 50.6 Å². The minimum Gasteiger partial charge on any atom is -0.349 e. The summed E-state index contributed by atoms with van der Waals surface area (Å²) in [6.07, 6.45) is 4.08. The Balaban J connectivity index is 1.74. The van der Waals surface area contributed by atoms with Crippen LogP contribution in [0.4, 0.5) is 0 Å². The van der Waals surface area contributed by atoms with Crippen LogP contribution in [-0.2, 0) is 7.05 Å². The number of nitrogens with zero attached hydrogens (tertiary/aromatic N) is 3. The Morgan fingerprint density at radius 3 is 2.54 bits per heavy atom. The second-order valence-electron chi connectivity index (χ2n) is 6.31. The van der Waals surface area contributed by atoms with E-state index < -0.39 is 0 Å². The molecule has 2 aromatic rings. The lowest BCUT2D eigenvalue weighted by Crippen LogP contribution is -2.37. The van der Waals surface area contributed by atoms with E-state index in [9.17, 15) is 4.79 Å². The fourth-order valence-electron chi connectivity index (χ4n) is 3.34. The molecule has 0 bridgehead atoms. The van der Waals surface area contributed by atoms with Gasteiger partial charge in [-0.1, -0.05) is 23.7 Å². The van der Waals surface area contributed by atoms with Crippen molar-refractivity contribution in [1.29, 1.82) is 0 Å². The van der Waals surface area contributed by atoms with E-state index in [4.69, 9.17) is 11.6 Å². The third-order valence-corrected chi connectivity index (χ3v) is 4.88. The molecule has 6 heteroatoms. The first-order valence-corrected chi connectivity index (χ1v) is 8.69. The number of nitrogens with one attached hydrogen (secondary N) is 1. The average Bonchev–Trinajstić information content (AvgIpc) is 3.19. The number of halogens is 1. The minimum absolute atomic E-state index is 0.0781. The van der Waals surface area contributed by atoms with E-state index in [0.717, 1.165) is 23.8 Å². The maximum Gasteiger partial charge on any atom is 0.269 e. The number of benzene rings is 1. The number of aromatic nitrogens is 2. The van der Waals surface area contributed by atoms with Gasteiger partial charge in [0.15, 0.2) is 0 Å². The molecular weight excluding hydrogens is 324 g/mol. The zero-order valence-corrected chi connectivity index (χ0v) is 14.9. The number of likely N-dealkylation sites (tertiary alicyclic amines) is 1. The van der Waals surface area contributed by atoms with Crippen molar-refractivity contribution >= 4 is 17.5 Å². The maximum atomic E-state index is 12.5. The molecule has 0 unspecified atom stereocenters. The first-order valence-electron chi connectivity index (χ1n) is 8.32. The lowest BCUT2D eigenvalue weighted by atomic mass is 10.1. The number of amides is 1. The van der Waals surface area contributed by atoms with Crippen LogP contribution in [0.25, 0.3) is 0 Å². The first kappa shape index (κ1) is 17.0. The van der Waals surface area contributed by atoms with Crippen LogP contribution in [-0.4, -0.2) is 40.0 Å². The fourth-order valence-corrected chi connectivity index (χ4v) is 3.47. The van der Waals surface area contributed by atoms with Gasteiger partial charge in [-0.15, -0.1) is 0 Å². The highest BCUT2D eigenvalue weighted by Crippen LogP contribution is 2.25. The minimum atomic E-state index is -0.0781. The lowest BCUT2D eigenvalue weighted by Gasteiger charge is -2.28. The Morgan fingerprint density at radius 1 is 1.29 bits per heavy atom. The molecule has 1 aliphatic rings. The molecule has 1 saturated heterocycles. The van der Waals surface area contributed by atoms with Crippen LogP contribution in [0.2, 0.25) is 5.02 Å². The highest BCUT2D eigenvalue weighted by Gasteiger charge is 2.25. The Kier molecular flexibility index (Phi) is 5.21. The molecule has 0 radical (unpaired) electrons. The van der Waals surface area contributed by atoms with Gasteiger partial charge in [0, 0.05) is 18.6 Å². The molecule has 1 N–H and O–H groups in total. The summed E-state index contributed by atoms with van der Waals surface area (Å²) in [5.41, 5.74) is 2.55. The molecule has 1 fully saturated rings. The lowest BCUT2D eigenvalue weighted by molar-refractivity contribution is 0.0929. The summed E-state index contributed by atoms with van der Waals surface area (Å²) in [4.78, 5) is 19.2. The van der Waals surface area contributed by atoms with E-state index in [1.165, 1.54) is 18.4 Å². The van der Waals surface area contributed by atoms with Crippen LogP contribution in [0.15, 0.2) is 30.6 Å². The molecule has 128 valence electrons. The second kappa shape index (κ2) is 7.36. The summed E-state index contributed by atoms with van der Waals surface area (Å²) in [6.45, 7) is 4.55. The molecule has 24 heavy (non-hydrogen) atoms. The van der Waals surface area contributed by atoms with Gasteiger partial charge in [-0.3, -0.25) is 9.69 Å². The Labute approximate surface area is 147 Å². The summed E-state index contributed by atoms with van der Waals surface area (Å²) in [7, 11) is 1.84. The van der Waals surface area contributed by atoms with E-state index in [0.29, 0.717) is 12.2 Å². The normalized spacial score (nSPS) is 16.3. The van der Waals surface area contributed by atoms with Crippen molar-refractivity contribution in [2.24, 2.45) is 7.05 Å². The van der Waals surface area contributed by atoms with E-state index in [2.05, 4.69) is 15.2 Å². The molecule has 1 amide bonds. The summed E-state index contributed by atoms with van der Waals surface area (Å²) in [5, 5.41) is 3.81. The van der Waals surface area contributed by atoms with Crippen molar-refractivity contribution in [3.05, 3.63) is 52.6 Å². The van der Waals surface area contributed by atoms with Gasteiger partial charge < -0.3 is 9.88 Å². The predicted octanol–water partition coefficient (Wildman–Crippen LogP) is 2.95. The Hall–Kier alpha value is -1.85. The molecule has 1 aliphatic heterocycles. The SMILES string of the molecule is Cc1ncn(C)c1C(=O)NC[C@@H](c1ccc(Cl)cc1)N1CCCC1. The highest BCUT2D eigenvalue weighted by atomic mass is 35.5. The number of imidazole rings is 1. The zero-order valence-electron chi connectivity index (χ0n) is 14.1. The van der Waals surface area contributed by atoms with Crippen molar-refractivity contribution in [1.82, 2.24) is 19.8 Å². The van der Waals surface area contributed by atoms with Crippen molar-refractivity contribution in [2.45, 2.75) is 25.8 Å². The van der Waals surface area contributed by atoms with Gasteiger partial charge in [-0.25, -0.2) is 4.98 Å². The molecule has 1 atom stereocenters.